The van der Waals surface area contributed by atoms with Gasteiger partial charge in [0.2, 0.25) is 5.91 Å². The maximum absolute atomic E-state index is 12.3. The molecule has 6 nitrogen and oxygen atoms in total. The van der Waals surface area contributed by atoms with E-state index in [0.29, 0.717) is 5.69 Å². The zero-order chi connectivity index (χ0) is 16.9. The molecule has 1 aliphatic rings. The van der Waals surface area contributed by atoms with Gasteiger partial charge in [-0.1, -0.05) is 0 Å². The molecule has 2 aromatic rings. The van der Waals surface area contributed by atoms with E-state index in [0.717, 1.165) is 31.6 Å². The summed E-state index contributed by atoms with van der Waals surface area (Å²) in [5.74, 6) is 0.100. The van der Waals surface area contributed by atoms with Crippen LogP contribution in [-0.4, -0.2) is 35.8 Å². The topological polar surface area (TPSA) is 74.6 Å². The molecule has 1 atom stereocenters. The van der Waals surface area contributed by atoms with Gasteiger partial charge in [-0.05, 0) is 56.2 Å². The van der Waals surface area contributed by atoms with E-state index in [1.165, 1.54) is 6.26 Å². The van der Waals surface area contributed by atoms with Crippen LogP contribution in [0.15, 0.2) is 47.1 Å². The summed E-state index contributed by atoms with van der Waals surface area (Å²) in [4.78, 5) is 26.1. The molecule has 1 aliphatic heterocycles. The number of furan rings is 1. The van der Waals surface area contributed by atoms with Gasteiger partial charge >= 0.3 is 0 Å². The van der Waals surface area contributed by atoms with Crippen molar-refractivity contribution in [3.8, 4) is 0 Å². The molecular weight excluding hydrogens is 306 g/mol. The van der Waals surface area contributed by atoms with Crippen LogP contribution in [0.4, 0.5) is 11.4 Å². The Morgan fingerprint density at radius 1 is 1.08 bits per heavy atom. The molecule has 0 radical (unpaired) electrons. The highest BCUT2D eigenvalue weighted by molar-refractivity contribution is 6.02. The zero-order valence-electron chi connectivity index (χ0n) is 13.6. The molecule has 2 N–H and O–H groups in total. The number of hydrogen-bond donors (Lipinski definition) is 2. The first kappa shape index (κ1) is 16.1. The Bertz CT molecular complexity index is 689. The first-order valence-corrected chi connectivity index (χ1v) is 8.14. The first-order chi connectivity index (χ1) is 11.6. The number of carbonyl (C=O) groups is 2. The van der Waals surface area contributed by atoms with Crippen LogP contribution in [0.5, 0.6) is 0 Å². The van der Waals surface area contributed by atoms with Crippen molar-refractivity contribution in [2.45, 2.75) is 25.8 Å². The van der Waals surface area contributed by atoms with E-state index in [-0.39, 0.29) is 23.6 Å². The van der Waals surface area contributed by atoms with Crippen LogP contribution in [-0.2, 0) is 4.79 Å². The van der Waals surface area contributed by atoms with Crippen molar-refractivity contribution in [2.24, 2.45) is 0 Å². The molecule has 1 aromatic carbocycles. The van der Waals surface area contributed by atoms with Gasteiger partial charge in [-0.3, -0.25) is 9.59 Å². The number of nitrogens with one attached hydrogen (secondary N) is 2. The lowest BCUT2D eigenvalue weighted by Gasteiger charge is -2.22. The van der Waals surface area contributed by atoms with Gasteiger partial charge in [0.1, 0.15) is 6.04 Å². The molecule has 126 valence electrons. The molecule has 2 heterocycles. The fourth-order valence-corrected chi connectivity index (χ4v) is 2.77. The van der Waals surface area contributed by atoms with Crippen LogP contribution in [0.1, 0.15) is 30.3 Å². The van der Waals surface area contributed by atoms with Crippen LogP contribution < -0.4 is 10.6 Å². The second-order valence-corrected chi connectivity index (χ2v) is 5.91. The molecule has 0 spiro atoms. The second-order valence-electron chi connectivity index (χ2n) is 5.91. The number of rotatable bonds is 5. The molecule has 2 amide bonds. The lowest BCUT2D eigenvalue weighted by molar-refractivity contribution is -0.130. The van der Waals surface area contributed by atoms with Crippen LogP contribution in [0.25, 0.3) is 0 Å². The van der Waals surface area contributed by atoms with Gasteiger partial charge in [-0.2, -0.15) is 0 Å². The van der Waals surface area contributed by atoms with Crippen molar-refractivity contribution in [3.63, 3.8) is 0 Å². The first-order valence-electron chi connectivity index (χ1n) is 8.14. The van der Waals surface area contributed by atoms with E-state index < -0.39 is 0 Å². The lowest BCUT2D eigenvalue weighted by atomic mass is 10.2. The second kappa shape index (κ2) is 7.21. The van der Waals surface area contributed by atoms with E-state index in [1.807, 2.05) is 24.0 Å². The van der Waals surface area contributed by atoms with Crippen molar-refractivity contribution in [1.82, 2.24) is 4.90 Å². The Labute approximate surface area is 140 Å². The SMILES string of the molecule is C[C@@H](Nc1ccc(NC(=O)c2ccco2)cc1)C(=O)N1CCCC1. The van der Waals surface area contributed by atoms with Gasteiger partial charge in [0.15, 0.2) is 5.76 Å². The zero-order valence-corrected chi connectivity index (χ0v) is 13.6. The normalized spacial score (nSPS) is 15.1. The Morgan fingerprint density at radius 3 is 2.38 bits per heavy atom. The molecule has 0 aliphatic carbocycles. The van der Waals surface area contributed by atoms with E-state index in [9.17, 15) is 9.59 Å². The summed E-state index contributed by atoms with van der Waals surface area (Å²) in [6, 6.07) is 10.3. The Morgan fingerprint density at radius 2 is 1.75 bits per heavy atom. The average molecular weight is 327 g/mol. The largest absolute Gasteiger partial charge is 0.459 e. The molecule has 0 bridgehead atoms. The van der Waals surface area contributed by atoms with E-state index in [4.69, 9.17) is 4.42 Å². The number of carbonyl (C=O) groups excluding carboxylic acids is 2. The highest BCUT2D eigenvalue weighted by Crippen LogP contribution is 2.17. The quantitative estimate of drug-likeness (QED) is 0.885. The average Bonchev–Trinajstić information content (AvgIpc) is 3.29. The smallest absolute Gasteiger partial charge is 0.291 e. The van der Waals surface area contributed by atoms with Gasteiger partial charge < -0.3 is 20.0 Å². The van der Waals surface area contributed by atoms with Crippen molar-refractivity contribution >= 4 is 23.2 Å². The van der Waals surface area contributed by atoms with Gasteiger partial charge in [0, 0.05) is 24.5 Å². The third-order valence-electron chi connectivity index (χ3n) is 4.06. The minimum absolute atomic E-state index is 0.127. The van der Waals surface area contributed by atoms with Crippen molar-refractivity contribution < 1.29 is 14.0 Å². The summed E-state index contributed by atoms with van der Waals surface area (Å²) >= 11 is 0. The summed E-state index contributed by atoms with van der Waals surface area (Å²) in [7, 11) is 0. The summed E-state index contributed by atoms with van der Waals surface area (Å²) in [5.41, 5.74) is 1.51. The molecule has 24 heavy (non-hydrogen) atoms. The lowest BCUT2D eigenvalue weighted by Crippen LogP contribution is -2.39. The van der Waals surface area contributed by atoms with Crippen LogP contribution >= 0.6 is 0 Å². The third kappa shape index (κ3) is 3.76. The standard InChI is InChI=1S/C18H21N3O3/c1-13(18(23)21-10-2-3-11-21)19-14-6-8-15(9-7-14)20-17(22)16-5-4-12-24-16/h4-9,12-13,19H,2-3,10-11H2,1H3,(H,20,22)/t13-/m1/s1. The van der Waals surface area contributed by atoms with Crippen molar-refractivity contribution in [1.29, 1.82) is 0 Å². The van der Waals surface area contributed by atoms with Crippen molar-refractivity contribution in [3.05, 3.63) is 48.4 Å². The Balaban J connectivity index is 1.56. The molecule has 3 rings (SSSR count). The molecule has 1 saturated heterocycles. The minimum atomic E-state index is -0.293. The number of nitrogens with zero attached hydrogens (tertiary/aromatic N) is 1. The van der Waals surface area contributed by atoms with Crippen LogP contribution in [0.3, 0.4) is 0 Å². The van der Waals surface area contributed by atoms with Gasteiger partial charge in [-0.25, -0.2) is 0 Å². The molecule has 0 unspecified atom stereocenters. The highest BCUT2D eigenvalue weighted by atomic mass is 16.3. The maximum Gasteiger partial charge on any atom is 0.291 e. The third-order valence-corrected chi connectivity index (χ3v) is 4.06. The number of likely N-dealkylation sites (tertiary alicyclic amines) is 1. The van der Waals surface area contributed by atoms with Gasteiger partial charge in [0.05, 0.1) is 6.26 Å². The van der Waals surface area contributed by atoms with Crippen molar-refractivity contribution in [2.75, 3.05) is 23.7 Å². The van der Waals surface area contributed by atoms with E-state index in [2.05, 4.69) is 10.6 Å². The van der Waals surface area contributed by atoms with Gasteiger partial charge in [0.25, 0.3) is 5.91 Å². The van der Waals surface area contributed by atoms with Gasteiger partial charge in [-0.15, -0.1) is 0 Å². The number of benzene rings is 1. The molecule has 0 saturated carbocycles. The summed E-state index contributed by atoms with van der Waals surface area (Å²) in [6.45, 7) is 3.57. The number of hydrogen-bond acceptors (Lipinski definition) is 4. The van der Waals surface area contributed by atoms with E-state index >= 15 is 0 Å². The summed E-state index contributed by atoms with van der Waals surface area (Å²) in [5, 5.41) is 5.96. The maximum atomic E-state index is 12.3. The van der Waals surface area contributed by atoms with Crippen LogP contribution in [0, 0.1) is 0 Å². The summed E-state index contributed by atoms with van der Waals surface area (Å²) in [6.07, 6.45) is 3.63. The Hall–Kier alpha value is -2.76. The predicted molar refractivity (Wildman–Crippen MR) is 92.0 cm³/mol. The molecular formula is C18H21N3O3. The molecule has 6 heteroatoms. The summed E-state index contributed by atoms with van der Waals surface area (Å²) < 4.78 is 5.05. The molecule has 1 fully saturated rings. The minimum Gasteiger partial charge on any atom is -0.459 e. The predicted octanol–water partition coefficient (Wildman–Crippen LogP) is 2.95. The highest BCUT2D eigenvalue weighted by Gasteiger charge is 2.22. The Kier molecular flexibility index (Phi) is 4.84. The number of anilines is 2. The molecule has 1 aromatic heterocycles. The fraction of sp³-hybridized carbons (Fsp3) is 0.333. The van der Waals surface area contributed by atoms with Crippen LogP contribution in [0.2, 0.25) is 0 Å². The monoisotopic (exact) mass is 327 g/mol. The van der Waals surface area contributed by atoms with E-state index in [1.54, 1.807) is 24.3 Å². The fourth-order valence-electron chi connectivity index (χ4n) is 2.77. The number of amides is 2.